The maximum Gasteiger partial charge on any atom is 0.410 e. The number of ether oxygens (including phenoxy) is 2. The van der Waals surface area contributed by atoms with Gasteiger partial charge in [-0.3, -0.25) is 9.69 Å². The number of piperidine rings is 1. The number of urea groups is 1. The Kier molecular flexibility index (Phi) is 8.00. The Labute approximate surface area is 155 Å². The van der Waals surface area contributed by atoms with Gasteiger partial charge in [-0.1, -0.05) is 6.42 Å². The highest BCUT2D eigenvalue weighted by Crippen LogP contribution is 2.23. The minimum atomic E-state index is -0.233. The smallest absolute Gasteiger partial charge is 0.410 e. The Morgan fingerprint density at radius 2 is 1.96 bits per heavy atom. The lowest BCUT2D eigenvalue weighted by molar-refractivity contribution is -0.143. The van der Waals surface area contributed by atoms with Crippen LogP contribution in [0.25, 0.3) is 0 Å². The minimum absolute atomic E-state index is 0.0501. The molecule has 2 fully saturated rings. The van der Waals surface area contributed by atoms with Crippen molar-refractivity contribution >= 4 is 18.1 Å². The van der Waals surface area contributed by atoms with E-state index in [1.165, 1.54) is 0 Å². The van der Waals surface area contributed by atoms with Crippen molar-refractivity contribution in [2.24, 2.45) is 0 Å². The van der Waals surface area contributed by atoms with Crippen molar-refractivity contribution in [3.05, 3.63) is 0 Å². The van der Waals surface area contributed by atoms with Crippen molar-refractivity contribution < 1.29 is 23.9 Å². The second-order valence-electron chi connectivity index (χ2n) is 6.90. The fraction of sp³-hybridized carbons (Fsp3) is 0.833. The molecule has 0 radical (unpaired) electrons. The summed E-state index contributed by atoms with van der Waals surface area (Å²) < 4.78 is 9.96. The zero-order valence-electron chi connectivity index (χ0n) is 15.9. The Bertz CT molecular complexity index is 491. The SMILES string of the molecule is CCOC(=O)CCCCCNC(=O)N1CCC(N2C(=O)OCC2C)CC1. The van der Waals surface area contributed by atoms with Crippen LogP contribution in [0.2, 0.25) is 0 Å². The molecule has 0 aromatic heterocycles. The predicted molar refractivity (Wildman–Crippen MR) is 95.7 cm³/mol. The van der Waals surface area contributed by atoms with Gasteiger partial charge in [-0.2, -0.15) is 0 Å². The summed E-state index contributed by atoms with van der Waals surface area (Å²) in [7, 11) is 0. The molecule has 0 saturated carbocycles. The summed E-state index contributed by atoms with van der Waals surface area (Å²) in [5.41, 5.74) is 0. The number of unbranched alkanes of at least 4 members (excludes halogenated alkanes) is 2. The minimum Gasteiger partial charge on any atom is -0.466 e. The summed E-state index contributed by atoms with van der Waals surface area (Å²) >= 11 is 0. The average molecular weight is 369 g/mol. The van der Waals surface area contributed by atoms with Gasteiger partial charge in [0.1, 0.15) is 6.61 Å². The molecule has 1 unspecified atom stereocenters. The van der Waals surface area contributed by atoms with Crippen molar-refractivity contribution in [1.29, 1.82) is 0 Å². The molecule has 3 amide bonds. The largest absolute Gasteiger partial charge is 0.466 e. The molecular weight excluding hydrogens is 338 g/mol. The molecule has 2 heterocycles. The zero-order valence-corrected chi connectivity index (χ0v) is 15.9. The van der Waals surface area contributed by atoms with Gasteiger partial charge in [0, 0.05) is 32.1 Å². The highest BCUT2D eigenvalue weighted by atomic mass is 16.6. The number of nitrogens with one attached hydrogen (secondary N) is 1. The zero-order chi connectivity index (χ0) is 18.9. The van der Waals surface area contributed by atoms with Crippen LogP contribution in [0.4, 0.5) is 9.59 Å². The molecule has 8 heteroatoms. The lowest BCUT2D eigenvalue weighted by Gasteiger charge is -2.37. The van der Waals surface area contributed by atoms with E-state index in [4.69, 9.17) is 9.47 Å². The van der Waals surface area contributed by atoms with Crippen molar-refractivity contribution in [3.8, 4) is 0 Å². The van der Waals surface area contributed by atoms with E-state index < -0.39 is 0 Å². The molecule has 1 N–H and O–H groups in total. The van der Waals surface area contributed by atoms with E-state index in [1.54, 1.807) is 11.8 Å². The molecule has 2 rings (SSSR count). The van der Waals surface area contributed by atoms with Crippen LogP contribution in [0.15, 0.2) is 0 Å². The third-order valence-corrected chi connectivity index (χ3v) is 4.92. The lowest BCUT2D eigenvalue weighted by Crippen LogP contribution is -2.51. The third kappa shape index (κ3) is 5.78. The van der Waals surface area contributed by atoms with Gasteiger partial charge >= 0.3 is 18.1 Å². The predicted octanol–water partition coefficient (Wildman–Crippen LogP) is 2.12. The van der Waals surface area contributed by atoms with Gasteiger partial charge in [-0.15, -0.1) is 0 Å². The number of cyclic esters (lactones) is 1. The van der Waals surface area contributed by atoms with Crippen LogP contribution in [0.5, 0.6) is 0 Å². The molecule has 0 aromatic rings. The van der Waals surface area contributed by atoms with Gasteiger partial charge in [-0.25, -0.2) is 9.59 Å². The number of carbonyl (C=O) groups is 3. The highest BCUT2D eigenvalue weighted by Gasteiger charge is 2.37. The van der Waals surface area contributed by atoms with E-state index in [9.17, 15) is 14.4 Å². The number of hydrogen-bond donors (Lipinski definition) is 1. The topological polar surface area (TPSA) is 88.2 Å². The lowest BCUT2D eigenvalue weighted by atomic mass is 10.0. The number of likely N-dealkylation sites (tertiary alicyclic amines) is 1. The molecule has 0 spiro atoms. The molecular formula is C18H31N3O5. The number of esters is 1. The Balaban J connectivity index is 1.57. The molecule has 0 aromatic carbocycles. The van der Waals surface area contributed by atoms with Gasteiger partial charge in [-0.05, 0) is 39.5 Å². The van der Waals surface area contributed by atoms with Crippen molar-refractivity contribution in [2.45, 2.75) is 64.5 Å². The first-order valence-corrected chi connectivity index (χ1v) is 9.66. The Hall–Kier alpha value is -1.99. The van der Waals surface area contributed by atoms with E-state index in [2.05, 4.69) is 5.32 Å². The number of amides is 3. The van der Waals surface area contributed by atoms with Crippen molar-refractivity contribution in [3.63, 3.8) is 0 Å². The number of rotatable bonds is 8. The second-order valence-corrected chi connectivity index (χ2v) is 6.90. The van der Waals surface area contributed by atoms with Gasteiger partial charge in [0.05, 0.1) is 12.6 Å². The summed E-state index contributed by atoms with van der Waals surface area (Å²) in [5.74, 6) is -0.157. The molecule has 2 saturated heterocycles. The first kappa shape index (κ1) is 20.3. The van der Waals surface area contributed by atoms with Crippen LogP contribution in [-0.2, 0) is 14.3 Å². The molecule has 2 aliphatic heterocycles. The maximum atomic E-state index is 12.2. The van der Waals surface area contributed by atoms with Crippen LogP contribution < -0.4 is 5.32 Å². The third-order valence-electron chi connectivity index (χ3n) is 4.92. The molecule has 8 nitrogen and oxygen atoms in total. The Morgan fingerprint density at radius 1 is 1.23 bits per heavy atom. The first-order valence-electron chi connectivity index (χ1n) is 9.66. The number of carbonyl (C=O) groups excluding carboxylic acids is 3. The van der Waals surface area contributed by atoms with E-state index in [-0.39, 0.29) is 30.2 Å². The fourth-order valence-corrected chi connectivity index (χ4v) is 3.49. The van der Waals surface area contributed by atoms with Gasteiger partial charge in [0.15, 0.2) is 0 Å². The van der Waals surface area contributed by atoms with E-state index >= 15 is 0 Å². The van der Waals surface area contributed by atoms with Gasteiger partial charge in [0.25, 0.3) is 0 Å². The molecule has 148 valence electrons. The molecule has 0 bridgehead atoms. The Morgan fingerprint density at radius 3 is 2.58 bits per heavy atom. The van der Waals surface area contributed by atoms with Gasteiger partial charge in [0.2, 0.25) is 0 Å². The summed E-state index contributed by atoms with van der Waals surface area (Å²) in [5, 5.41) is 2.93. The summed E-state index contributed by atoms with van der Waals surface area (Å²) in [4.78, 5) is 38.9. The molecule has 2 aliphatic rings. The van der Waals surface area contributed by atoms with Crippen molar-refractivity contribution in [2.75, 3.05) is 32.8 Å². The van der Waals surface area contributed by atoms with Crippen molar-refractivity contribution in [1.82, 2.24) is 15.1 Å². The normalized spacial score (nSPS) is 20.8. The quantitative estimate of drug-likeness (QED) is 0.523. The van der Waals surface area contributed by atoms with E-state index in [1.807, 2.05) is 11.8 Å². The van der Waals surface area contributed by atoms with Crippen LogP contribution in [0.1, 0.15) is 52.4 Å². The monoisotopic (exact) mass is 369 g/mol. The highest BCUT2D eigenvalue weighted by molar-refractivity contribution is 5.74. The maximum absolute atomic E-state index is 12.2. The van der Waals surface area contributed by atoms with Crippen LogP contribution in [0, 0.1) is 0 Å². The molecule has 26 heavy (non-hydrogen) atoms. The standard InChI is InChI=1S/C18H31N3O5/c1-3-25-16(22)7-5-4-6-10-19-17(23)20-11-8-15(9-12-20)21-14(2)13-26-18(21)24/h14-15H,3-13H2,1-2H3,(H,19,23). The molecule has 0 aliphatic carbocycles. The average Bonchev–Trinajstić information content (AvgIpc) is 2.96. The van der Waals surface area contributed by atoms with E-state index in [0.29, 0.717) is 39.3 Å². The number of nitrogens with zero attached hydrogens (tertiary/aromatic N) is 2. The fourth-order valence-electron chi connectivity index (χ4n) is 3.49. The summed E-state index contributed by atoms with van der Waals surface area (Å²) in [6.07, 6.45) is 4.29. The van der Waals surface area contributed by atoms with E-state index in [0.717, 1.165) is 32.1 Å². The van der Waals surface area contributed by atoms with Crippen LogP contribution in [0.3, 0.4) is 0 Å². The molecule has 1 atom stereocenters. The summed E-state index contributed by atoms with van der Waals surface area (Å²) in [6.45, 7) is 6.57. The first-order chi connectivity index (χ1) is 12.5. The van der Waals surface area contributed by atoms with Crippen LogP contribution >= 0.6 is 0 Å². The number of hydrogen-bond acceptors (Lipinski definition) is 5. The van der Waals surface area contributed by atoms with Crippen LogP contribution in [-0.4, -0.2) is 72.8 Å². The van der Waals surface area contributed by atoms with Gasteiger partial charge < -0.3 is 19.7 Å². The second kappa shape index (κ2) is 10.2. The summed E-state index contributed by atoms with van der Waals surface area (Å²) in [6, 6.07) is 0.223.